The van der Waals surface area contributed by atoms with E-state index in [-0.39, 0.29) is 70.5 Å². The van der Waals surface area contributed by atoms with Crippen LogP contribution in [0.5, 0.6) is 0 Å². The van der Waals surface area contributed by atoms with Crippen molar-refractivity contribution in [2.45, 2.75) is 343 Å². The lowest BCUT2D eigenvalue weighted by Gasteiger charge is -2.22. The number of carbonyl (C=O) groups excluding carboxylic acids is 7. The van der Waals surface area contributed by atoms with E-state index in [4.69, 9.17) is 18.9 Å². The fourth-order valence-electron chi connectivity index (χ4n) is 12.3. The predicted octanol–water partition coefficient (Wildman–Crippen LogP) is 18.7. The third kappa shape index (κ3) is 56.9. The normalized spacial score (nSPS) is 12.2. The SMILES string of the molecule is CCCCC/C=C\CCOC(=O)CCCCN(CCCCNC(=O)c1cc(C(=O)NCCCCN(CCCCCCCCC(=O)OC(CC)CCCCC)CCCCCCCCC(=O)OC(CC)CCCCC)cc(C(=O)NCCCN(C)C)c1)CCCCC(=O)OCC/C=C\CCCCC. The van der Waals surface area contributed by atoms with Gasteiger partial charge < -0.3 is 49.6 Å². The van der Waals surface area contributed by atoms with Gasteiger partial charge in [-0.2, -0.15) is 0 Å². The van der Waals surface area contributed by atoms with E-state index >= 15 is 0 Å². The Hall–Kier alpha value is -5.13. The first-order valence-corrected chi connectivity index (χ1v) is 41.3. The van der Waals surface area contributed by atoms with Crippen LogP contribution in [0.15, 0.2) is 42.5 Å². The molecule has 0 spiro atoms. The van der Waals surface area contributed by atoms with Gasteiger partial charge in [-0.1, -0.05) is 169 Å². The van der Waals surface area contributed by atoms with E-state index < -0.39 is 0 Å². The van der Waals surface area contributed by atoms with Crippen LogP contribution in [0.2, 0.25) is 0 Å². The van der Waals surface area contributed by atoms with Crippen LogP contribution in [0.4, 0.5) is 0 Å². The summed E-state index contributed by atoms with van der Waals surface area (Å²) in [6, 6.07) is 4.74. The summed E-state index contributed by atoms with van der Waals surface area (Å²) >= 11 is 0. The third-order valence-corrected chi connectivity index (χ3v) is 18.7. The van der Waals surface area contributed by atoms with Gasteiger partial charge in [-0.05, 0) is 239 Å². The molecule has 0 radical (unpaired) electrons. The molecule has 2 atom stereocenters. The van der Waals surface area contributed by atoms with Gasteiger partial charge in [0.05, 0.1) is 13.2 Å². The van der Waals surface area contributed by atoms with Gasteiger partial charge in [-0.15, -0.1) is 0 Å². The van der Waals surface area contributed by atoms with Gasteiger partial charge in [0.25, 0.3) is 17.7 Å². The quantitative estimate of drug-likeness (QED) is 0.0241. The molecule has 0 fully saturated rings. The maximum Gasteiger partial charge on any atom is 0.306 e. The van der Waals surface area contributed by atoms with Crippen LogP contribution in [0, 0.1) is 0 Å². The molecule has 3 amide bonds. The molecule has 0 aliphatic heterocycles. The van der Waals surface area contributed by atoms with E-state index in [1.54, 1.807) is 18.2 Å². The fraction of sp³-hybridized carbons (Fsp3) is 0.798. The van der Waals surface area contributed by atoms with Gasteiger partial charge in [0, 0.05) is 62.0 Å². The number of carbonyl (C=O) groups is 7. The number of nitrogens with one attached hydrogen (secondary N) is 3. The molecule has 17 nitrogen and oxygen atoms in total. The number of ether oxygens (including phenoxy) is 4. The predicted molar refractivity (Wildman–Crippen MR) is 417 cm³/mol. The van der Waals surface area contributed by atoms with Gasteiger partial charge in [-0.25, -0.2) is 0 Å². The van der Waals surface area contributed by atoms with Gasteiger partial charge in [0.2, 0.25) is 0 Å². The van der Waals surface area contributed by atoms with E-state index in [0.29, 0.717) is 65.0 Å². The molecule has 0 aliphatic carbocycles. The Morgan fingerprint density at radius 2 is 0.634 bits per heavy atom. The summed E-state index contributed by atoms with van der Waals surface area (Å²) in [5.74, 6) is -1.47. The van der Waals surface area contributed by atoms with Crippen LogP contribution in [0.25, 0.3) is 0 Å². The molecule has 2 unspecified atom stereocenters. The highest BCUT2D eigenvalue weighted by Gasteiger charge is 2.19. The van der Waals surface area contributed by atoms with E-state index in [1.165, 1.54) is 51.4 Å². The number of benzene rings is 1. The maximum atomic E-state index is 14.0. The second kappa shape index (κ2) is 68.0. The van der Waals surface area contributed by atoms with E-state index in [1.807, 2.05) is 14.1 Å². The summed E-state index contributed by atoms with van der Waals surface area (Å²) in [6.07, 6.45) is 51.6. The van der Waals surface area contributed by atoms with Crippen molar-refractivity contribution in [1.82, 2.24) is 30.7 Å². The molecule has 0 aromatic heterocycles. The first-order valence-electron chi connectivity index (χ1n) is 41.3. The Bertz CT molecular complexity index is 2200. The maximum absolute atomic E-state index is 14.0. The monoisotopic (exact) mass is 1420 g/mol. The van der Waals surface area contributed by atoms with Gasteiger partial charge in [0.1, 0.15) is 12.2 Å². The third-order valence-electron chi connectivity index (χ3n) is 18.7. The minimum Gasteiger partial charge on any atom is -0.465 e. The molecule has 0 heterocycles. The topological polar surface area (TPSA) is 202 Å². The second-order valence-corrected chi connectivity index (χ2v) is 28.5. The summed E-state index contributed by atoms with van der Waals surface area (Å²) in [7, 11) is 3.97. The number of esters is 4. The van der Waals surface area contributed by atoms with Crippen LogP contribution in [-0.2, 0) is 38.1 Å². The van der Waals surface area contributed by atoms with Crippen molar-refractivity contribution in [2.24, 2.45) is 0 Å². The number of allylic oxidation sites excluding steroid dienone is 2. The minimum absolute atomic E-state index is 0.0429. The number of hydrogen-bond acceptors (Lipinski definition) is 14. The van der Waals surface area contributed by atoms with Crippen molar-refractivity contribution in [3.8, 4) is 0 Å². The zero-order valence-electron chi connectivity index (χ0n) is 65.8. The summed E-state index contributed by atoms with van der Waals surface area (Å²) in [5.41, 5.74) is 0.767. The van der Waals surface area contributed by atoms with Crippen molar-refractivity contribution in [3.63, 3.8) is 0 Å². The van der Waals surface area contributed by atoms with Gasteiger partial charge in [-0.3, -0.25) is 33.6 Å². The molecular formula is C84H150N6O11. The molecular weight excluding hydrogens is 1270 g/mol. The highest BCUT2D eigenvalue weighted by molar-refractivity contribution is 6.04. The van der Waals surface area contributed by atoms with Crippen molar-refractivity contribution < 1.29 is 52.5 Å². The minimum atomic E-state index is -0.353. The van der Waals surface area contributed by atoms with Crippen molar-refractivity contribution in [3.05, 3.63) is 59.2 Å². The highest BCUT2D eigenvalue weighted by atomic mass is 16.6. The molecule has 1 rings (SSSR count). The molecule has 17 heteroatoms. The van der Waals surface area contributed by atoms with Gasteiger partial charge >= 0.3 is 23.9 Å². The molecule has 0 saturated heterocycles. The largest absolute Gasteiger partial charge is 0.465 e. The smallest absolute Gasteiger partial charge is 0.306 e. The molecule has 0 aliphatic rings. The number of unbranched alkanes of at least 4 members (excludes halogenated alkanes) is 24. The van der Waals surface area contributed by atoms with E-state index in [9.17, 15) is 33.6 Å². The Balaban J connectivity index is 2.97. The lowest BCUT2D eigenvalue weighted by molar-refractivity contribution is -0.150. The van der Waals surface area contributed by atoms with Crippen LogP contribution < -0.4 is 16.0 Å². The Morgan fingerprint density at radius 3 is 0.990 bits per heavy atom. The standard InChI is InChI=1S/C84H150N6O11/c1-9-15-19-21-27-33-49-68-98-78(91)54-39-45-64-90(65-46-40-55-79(92)99-69-50-34-28-22-20-16-10-2)67-48-42-59-86-83(96)74-70-73(71-75(72-74)84(97)87-60-51-61-88(7)8)82(95)85-58-41-47-66-89(62-43-31-25-23-29-37-56-80(93)100-76(13-5)52-35-17-11-3)63-44-32-26-24-30-38-57-81(94)101-77(14-6)53-36-18-12-4/h27-28,33-34,70-72,76-77H,9-26,29-32,35-69H2,1-8H3,(H,85,95)(H,86,96)(H,87,97)/b33-27-,34-28-. The Kier molecular flexibility index (Phi) is 63.2. The first kappa shape index (κ1) is 93.9. The Labute approximate surface area is 616 Å². The summed E-state index contributed by atoms with van der Waals surface area (Å²) in [4.78, 5) is 98.8. The lowest BCUT2D eigenvalue weighted by atomic mass is 10.0. The Morgan fingerprint density at radius 1 is 0.337 bits per heavy atom. The van der Waals surface area contributed by atoms with Crippen molar-refractivity contribution in [2.75, 3.05) is 92.8 Å². The summed E-state index contributed by atoms with van der Waals surface area (Å²) < 4.78 is 22.6. The number of hydrogen-bond donors (Lipinski definition) is 3. The highest BCUT2D eigenvalue weighted by Crippen LogP contribution is 2.18. The second-order valence-electron chi connectivity index (χ2n) is 28.5. The van der Waals surface area contributed by atoms with E-state index in [0.717, 1.165) is 251 Å². The van der Waals surface area contributed by atoms with Crippen LogP contribution in [0.1, 0.15) is 362 Å². The summed E-state index contributed by atoms with van der Waals surface area (Å²) in [5, 5.41) is 9.14. The van der Waals surface area contributed by atoms with Gasteiger partial charge in [0.15, 0.2) is 0 Å². The van der Waals surface area contributed by atoms with Crippen LogP contribution >= 0.6 is 0 Å². The van der Waals surface area contributed by atoms with Crippen LogP contribution in [0.3, 0.4) is 0 Å². The zero-order chi connectivity index (χ0) is 73.9. The fourth-order valence-corrected chi connectivity index (χ4v) is 12.3. The molecule has 0 saturated carbocycles. The molecule has 582 valence electrons. The number of amides is 3. The number of nitrogens with zero attached hydrogens (tertiary/aromatic N) is 3. The molecule has 1 aromatic carbocycles. The van der Waals surface area contributed by atoms with Crippen LogP contribution in [-0.4, -0.2) is 161 Å². The first-order chi connectivity index (χ1) is 49.2. The lowest BCUT2D eigenvalue weighted by Crippen LogP contribution is -2.31. The average molecular weight is 1420 g/mol. The van der Waals surface area contributed by atoms with Crippen molar-refractivity contribution in [1.29, 1.82) is 0 Å². The molecule has 1 aromatic rings. The van der Waals surface area contributed by atoms with Crippen molar-refractivity contribution >= 4 is 41.6 Å². The zero-order valence-corrected chi connectivity index (χ0v) is 65.8. The number of rotatable bonds is 71. The molecule has 0 bridgehead atoms. The summed E-state index contributed by atoms with van der Waals surface area (Å²) in [6.45, 7) is 21.2. The molecule has 3 N–H and O–H groups in total. The van der Waals surface area contributed by atoms with E-state index in [2.05, 4.69) is 96.5 Å². The average Bonchev–Trinajstić information content (AvgIpc) is 0.833. The molecule has 101 heavy (non-hydrogen) atoms.